The van der Waals surface area contributed by atoms with Crippen LogP contribution < -0.4 is 21.9 Å². The lowest BCUT2D eigenvalue weighted by Crippen LogP contribution is -2.47. The molecule has 0 aliphatic carbocycles. The molecule has 4 atom stereocenters. The van der Waals surface area contributed by atoms with Crippen LogP contribution in [0.15, 0.2) is 46.1 Å². The fraction of sp³-hybridized carbons (Fsp3) is 0.462. The molecule has 0 bridgehead atoms. The number of aromatic amines is 1. The molecule has 2 heterocycles. The van der Waals surface area contributed by atoms with Crippen LogP contribution in [-0.4, -0.2) is 63.0 Å². The number of benzene rings is 1. The van der Waals surface area contributed by atoms with Crippen LogP contribution in [0.3, 0.4) is 0 Å². The van der Waals surface area contributed by atoms with Crippen LogP contribution in [0, 0.1) is 11.8 Å². The first kappa shape index (κ1) is 27.9. The standard InChI is InChI=1S/C26H32N4O7/c1-17(32)28-20(13-18-9-5-4-6-10-18)25(35)27-12-8-3-2-7-11-19-15-30(26(36)29-24(19)34)23-14-21(33)22(16-31)37-23/h4-6,9-10,15,20-23,31,33H,2-3,8,12-14,16H2,1H3,(H,27,35)(H,28,32)(H,29,34,36)/t20-,21-,22+,23+/m0/s1. The zero-order valence-corrected chi connectivity index (χ0v) is 20.6. The van der Waals surface area contributed by atoms with Crippen molar-refractivity contribution in [1.82, 2.24) is 20.2 Å². The average Bonchev–Trinajstić information content (AvgIpc) is 3.24. The van der Waals surface area contributed by atoms with Crippen molar-refractivity contribution >= 4 is 11.8 Å². The topological polar surface area (TPSA) is 163 Å². The fourth-order valence-electron chi connectivity index (χ4n) is 3.97. The number of carbonyl (C=O) groups excluding carboxylic acids is 2. The number of aromatic nitrogens is 2. The lowest BCUT2D eigenvalue weighted by molar-refractivity contribution is -0.128. The summed E-state index contributed by atoms with van der Waals surface area (Å²) in [4.78, 5) is 50.6. The van der Waals surface area contributed by atoms with Gasteiger partial charge in [-0.15, -0.1) is 0 Å². The number of hydrogen-bond acceptors (Lipinski definition) is 7. The molecule has 1 fully saturated rings. The molecule has 2 aromatic rings. The van der Waals surface area contributed by atoms with E-state index in [1.807, 2.05) is 30.3 Å². The summed E-state index contributed by atoms with van der Waals surface area (Å²) in [6.45, 7) is 1.39. The Balaban J connectivity index is 1.48. The predicted octanol–water partition coefficient (Wildman–Crippen LogP) is -0.437. The van der Waals surface area contributed by atoms with Crippen LogP contribution >= 0.6 is 0 Å². The third-order valence-electron chi connectivity index (χ3n) is 5.89. The Morgan fingerprint density at radius 3 is 2.68 bits per heavy atom. The Labute approximate surface area is 213 Å². The van der Waals surface area contributed by atoms with Crippen molar-refractivity contribution in [2.24, 2.45) is 0 Å². The molecule has 0 unspecified atom stereocenters. The molecule has 0 radical (unpaired) electrons. The third-order valence-corrected chi connectivity index (χ3v) is 5.89. The van der Waals surface area contributed by atoms with E-state index in [1.54, 1.807) is 0 Å². The van der Waals surface area contributed by atoms with Crippen LogP contribution in [-0.2, 0) is 20.7 Å². The highest BCUT2D eigenvalue weighted by molar-refractivity contribution is 5.87. The molecule has 1 saturated heterocycles. The summed E-state index contributed by atoms with van der Waals surface area (Å²) in [7, 11) is 0. The molecule has 0 saturated carbocycles. The minimum atomic E-state index is -0.921. The van der Waals surface area contributed by atoms with Crippen LogP contribution in [0.25, 0.3) is 0 Å². The van der Waals surface area contributed by atoms with Crippen molar-refractivity contribution in [2.45, 2.75) is 63.5 Å². The van der Waals surface area contributed by atoms with Gasteiger partial charge in [-0.1, -0.05) is 42.2 Å². The molecule has 2 amide bonds. The van der Waals surface area contributed by atoms with Crippen molar-refractivity contribution in [3.63, 3.8) is 0 Å². The maximum absolute atomic E-state index is 12.6. The minimum absolute atomic E-state index is 0.0810. The Kier molecular flexibility index (Phi) is 10.2. The van der Waals surface area contributed by atoms with E-state index in [-0.39, 0.29) is 30.4 Å². The van der Waals surface area contributed by atoms with Crippen molar-refractivity contribution in [2.75, 3.05) is 13.2 Å². The molecular formula is C26H32N4O7. The van der Waals surface area contributed by atoms with Gasteiger partial charge < -0.3 is 25.6 Å². The Bertz CT molecular complexity index is 1250. The Morgan fingerprint density at radius 2 is 2.00 bits per heavy atom. The number of carbonyl (C=O) groups is 2. The lowest BCUT2D eigenvalue weighted by atomic mass is 10.1. The van der Waals surface area contributed by atoms with E-state index in [4.69, 9.17) is 4.74 Å². The van der Waals surface area contributed by atoms with E-state index in [0.717, 1.165) is 10.1 Å². The smallest absolute Gasteiger partial charge is 0.330 e. The molecule has 37 heavy (non-hydrogen) atoms. The van der Waals surface area contributed by atoms with Crippen molar-refractivity contribution in [3.8, 4) is 11.8 Å². The maximum atomic E-state index is 12.6. The van der Waals surface area contributed by atoms with Gasteiger partial charge in [0.05, 0.1) is 12.7 Å². The third kappa shape index (κ3) is 8.15. The van der Waals surface area contributed by atoms with E-state index in [2.05, 4.69) is 27.5 Å². The van der Waals surface area contributed by atoms with Crippen LogP contribution in [0.4, 0.5) is 0 Å². The first-order valence-corrected chi connectivity index (χ1v) is 12.2. The van der Waals surface area contributed by atoms with Gasteiger partial charge in [-0.25, -0.2) is 4.79 Å². The van der Waals surface area contributed by atoms with Gasteiger partial charge in [0.2, 0.25) is 11.8 Å². The normalized spacial score (nSPS) is 19.5. The number of amides is 2. The number of nitrogens with zero attached hydrogens (tertiary/aromatic N) is 1. The van der Waals surface area contributed by atoms with Gasteiger partial charge in [-0.05, 0) is 18.4 Å². The minimum Gasteiger partial charge on any atom is -0.394 e. The second-order valence-corrected chi connectivity index (χ2v) is 8.82. The van der Waals surface area contributed by atoms with E-state index < -0.39 is 35.7 Å². The van der Waals surface area contributed by atoms with Gasteiger partial charge in [-0.2, -0.15) is 0 Å². The van der Waals surface area contributed by atoms with Gasteiger partial charge in [0.25, 0.3) is 5.56 Å². The second-order valence-electron chi connectivity index (χ2n) is 8.82. The number of unbranched alkanes of at least 4 members (excludes halogenated alkanes) is 2. The molecule has 5 N–H and O–H groups in total. The first-order valence-electron chi connectivity index (χ1n) is 12.2. The Morgan fingerprint density at radius 1 is 1.24 bits per heavy atom. The van der Waals surface area contributed by atoms with Crippen molar-refractivity contribution in [3.05, 3.63) is 68.5 Å². The molecule has 1 aromatic heterocycles. The Hall–Kier alpha value is -3.72. The fourth-order valence-corrected chi connectivity index (χ4v) is 3.97. The maximum Gasteiger partial charge on any atom is 0.330 e. The summed E-state index contributed by atoms with van der Waals surface area (Å²) in [5, 5.41) is 24.7. The highest BCUT2D eigenvalue weighted by Gasteiger charge is 2.35. The monoisotopic (exact) mass is 512 g/mol. The number of nitrogens with one attached hydrogen (secondary N) is 3. The molecule has 11 nitrogen and oxygen atoms in total. The van der Waals surface area contributed by atoms with Gasteiger partial charge in [0, 0.05) is 38.9 Å². The summed E-state index contributed by atoms with van der Waals surface area (Å²) in [5.41, 5.74) is -0.290. The molecule has 1 aliphatic rings. The van der Waals surface area contributed by atoms with Gasteiger partial charge in [-0.3, -0.25) is 23.9 Å². The summed E-state index contributed by atoms with van der Waals surface area (Å²) in [6, 6.07) is 8.76. The average molecular weight is 513 g/mol. The predicted molar refractivity (Wildman–Crippen MR) is 134 cm³/mol. The summed E-state index contributed by atoms with van der Waals surface area (Å²) in [6.07, 6.45) is 1.00. The van der Waals surface area contributed by atoms with E-state index in [1.165, 1.54) is 13.1 Å². The number of aliphatic hydroxyl groups excluding tert-OH is 2. The molecule has 1 aromatic carbocycles. The lowest BCUT2D eigenvalue weighted by Gasteiger charge is -2.17. The van der Waals surface area contributed by atoms with Crippen molar-refractivity contribution < 1.29 is 24.5 Å². The van der Waals surface area contributed by atoms with Crippen LogP contribution in [0.1, 0.15) is 50.0 Å². The largest absolute Gasteiger partial charge is 0.394 e. The summed E-state index contributed by atoms with van der Waals surface area (Å²) < 4.78 is 6.63. The second kappa shape index (κ2) is 13.5. The number of ether oxygens (including phenoxy) is 1. The van der Waals surface area contributed by atoms with Gasteiger partial charge in [0.15, 0.2) is 0 Å². The first-order chi connectivity index (χ1) is 17.8. The zero-order chi connectivity index (χ0) is 26.8. The van der Waals surface area contributed by atoms with Crippen LogP contribution in [0.5, 0.6) is 0 Å². The number of hydrogen-bond donors (Lipinski definition) is 5. The van der Waals surface area contributed by atoms with Gasteiger partial charge >= 0.3 is 5.69 Å². The SMILES string of the molecule is CC(=O)N[C@@H](Cc1ccccc1)C(=O)NCCCCC#Cc1cn([C@H]2C[C@H](O)[C@@H](CO)O2)c(=O)[nH]c1=O. The highest BCUT2D eigenvalue weighted by atomic mass is 16.5. The number of aliphatic hydroxyl groups is 2. The van der Waals surface area contributed by atoms with E-state index >= 15 is 0 Å². The zero-order valence-electron chi connectivity index (χ0n) is 20.6. The van der Waals surface area contributed by atoms with E-state index in [0.29, 0.717) is 32.2 Å². The molecule has 11 heteroatoms. The highest BCUT2D eigenvalue weighted by Crippen LogP contribution is 2.27. The number of H-pyrrole nitrogens is 1. The van der Waals surface area contributed by atoms with Crippen LogP contribution in [0.2, 0.25) is 0 Å². The molecular weight excluding hydrogens is 480 g/mol. The van der Waals surface area contributed by atoms with E-state index in [9.17, 15) is 29.4 Å². The summed E-state index contributed by atoms with van der Waals surface area (Å²) >= 11 is 0. The molecule has 1 aliphatic heterocycles. The number of rotatable bonds is 10. The molecule has 198 valence electrons. The molecule has 3 rings (SSSR count). The quantitative estimate of drug-likeness (QED) is 0.213. The van der Waals surface area contributed by atoms with Gasteiger partial charge in [0.1, 0.15) is 23.9 Å². The van der Waals surface area contributed by atoms with Crippen molar-refractivity contribution in [1.29, 1.82) is 0 Å². The summed E-state index contributed by atoms with van der Waals surface area (Å²) in [5.74, 6) is 5.10. The molecule has 0 spiro atoms.